The molecule has 2 N–H and O–H groups in total. The van der Waals surface area contributed by atoms with Crippen molar-refractivity contribution in [3.63, 3.8) is 0 Å². The minimum absolute atomic E-state index is 0.223. The molecule has 6 heteroatoms. The Morgan fingerprint density at radius 2 is 2.00 bits per heavy atom. The van der Waals surface area contributed by atoms with Gasteiger partial charge in [0.25, 0.3) is 5.56 Å². The number of nitrogens with zero attached hydrogens (tertiary/aromatic N) is 2. The maximum atomic E-state index is 12.0. The molecular formula is C19H19ClN4O. The Hall–Kier alpha value is -2.37. The summed E-state index contributed by atoms with van der Waals surface area (Å²) in [4.78, 5) is 14.3. The highest BCUT2D eigenvalue weighted by Crippen LogP contribution is 2.28. The van der Waals surface area contributed by atoms with Crippen molar-refractivity contribution >= 4 is 28.1 Å². The third-order valence-electron chi connectivity index (χ3n) is 4.66. The largest absolute Gasteiger partial charge is 0.352 e. The fraction of sp³-hybridized carbons (Fsp3) is 0.263. The lowest BCUT2D eigenvalue weighted by atomic mass is 10.1. The van der Waals surface area contributed by atoms with Crippen LogP contribution in [0.25, 0.3) is 10.8 Å². The van der Waals surface area contributed by atoms with Gasteiger partial charge in [0.05, 0.1) is 11.6 Å². The minimum Gasteiger partial charge on any atom is -0.352 e. The van der Waals surface area contributed by atoms with Gasteiger partial charge < -0.3 is 4.90 Å². The van der Waals surface area contributed by atoms with Crippen LogP contribution in [-0.4, -0.2) is 22.9 Å². The van der Waals surface area contributed by atoms with Crippen LogP contribution < -0.4 is 15.8 Å². The fourth-order valence-electron chi connectivity index (χ4n) is 3.39. The van der Waals surface area contributed by atoms with Gasteiger partial charge in [-0.05, 0) is 43.1 Å². The average molecular weight is 355 g/mol. The fourth-order valence-corrected chi connectivity index (χ4v) is 3.59. The second kappa shape index (κ2) is 6.86. The van der Waals surface area contributed by atoms with Gasteiger partial charge in [-0.15, -0.1) is 0 Å². The van der Waals surface area contributed by atoms with Crippen LogP contribution in [0.4, 0.5) is 5.69 Å². The monoisotopic (exact) mass is 354 g/mol. The van der Waals surface area contributed by atoms with Crippen LogP contribution >= 0.6 is 11.6 Å². The first kappa shape index (κ1) is 16.1. The molecule has 0 spiro atoms. The second-order valence-corrected chi connectivity index (χ2v) is 6.66. The number of nitrogens with one attached hydrogen (secondary N) is 2. The molecule has 1 fully saturated rings. The zero-order chi connectivity index (χ0) is 17.2. The molecule has 1 aliphatic rings. The van der Waals surface area contributed by atoms with Gasteiger partial charge >= 0.3 is 0 Å². The zero-order valence-electron chi connectivity index (χ0n) is 13.7. The van der Waals surface area contributed by atoms with Crippen LogP contribution in [0.15, 0.2) is 53.3 Å². The van der Waals surface area contributed by atoms with Crippen LogP contribution in [0.1, 0.15) is 18.4 Å². The first-order valence-corrected chi connectivity index (χ1v) is 8.82. The molecule has 128 valence electrons. The molecule has 2 heterocycles. The molecule has 5 nitrogen and oxygen atoms in total. The highest BCUT2D eigenvalue weighted by molar-refractivity contribution is 6.34. The summed E-state index contributed by atoms with van der Waals surface area (Å²) in [7, 11) is 0. The molecule has 0 aliphatic carbocycles. The standard InChI is InChI=1S/C19H19ClN4O/c20-18-16-11-14(8-9-15(16)19(25)23-22-18)24(17-7-4-10-21-17)12-13-5-2-1-3-6-13/h1-3,5-6,8-9,11,17,21H,4,7,10,12H2,(H,23,25). The summed E-state index contributed by atoms with van der Waals surface area (Å²) in [5.41, 5.74) is 2.05. The molecule has 0 bridgehead atoms. The molecule has 1 aliphatic heterocycles. The van der Waals surface area contributed by atoms with Crippen molar-refractivity contribution < 1.29 is 0 Å². The number of hydrogen-bond donors (Lipinski definition) is 2. The Kier molecular flexibility index (Phi) is 4.42. The number of halogens is 1. The summed E-state index contributed by atoms with van der Waals surface area (Å²) in [6, 6.07) is 16.1. The SMILES string of the molecule is O=c1[nH]nc(Cl)c2cc(N(Cc3ccccc3)C3CCCN3)ccc12. The van der Waals surface area contributed by atoms with E-state index < -0.39 is 0 Å². The molecule has 3 aromatic rings. The topological polar surface area (TPSA) is 61.0 Å². The van der Waals surface area contributed by atoms with Crippen LogP contribution in [0.2, 0.25) is 5.15 Å². The van der Waals surface area contributed by atoms with Gasteiger partial charge in [0.1, 0.15) is 0 Å². The molecule has 0 amide bonds. The first-order chi connectivity index (χ1) is 12.2. The van der Waals surface area contributed by atoms with Crippen molar-refractivity contribution in [3.05, 3.63) is 69.6 Å². The van der Waals surface area contributed by atoms with E-state index in [4.69, 9.17) is 11.6 Å². The van der Waals surface area contributed by atoms with Gasteiger partial charge in [-0.3, -0.25) is 10.1 Å². The molecule has 1 unspecified atom stereocenters. The number of anilines is 1. The van der Waals surface area contributed by atoms with Gasteiger partial charge in [-0.1, -0.05) is 41.9 Å². The number of aromatic amines is 1. The van der Waals surface area contributed by atoms with Gasteiger partial charge in [-0.25, -0.2) is 5.10 Å². The second-order valence-electron chi connectivity index (χ2n) is 6.30. The van der Waals surface area contributed by atoms with E-state index in [0.717, 1.165) is 31.6 Å². The molecule has 1 saturated heterocycles. The predicted molar refractivity (Wildman–Crippen MR) is 101 cm³/mol. The molecule has 25 heavy (non-hydrogen) atoms. The predicted octanol–water partition coefficient (Wildman–Crippen LogP) is 3.29. The lowest BCUT2D eigenvalue weighted by Gasteiger charge is -2.31. The van der Waals surface area contributed by atoms with Gasteiger partial charge in [0.15, 0.2) is 5.15 Å². The average Bonchev–Trinajstić information content (AvgIpc) is 3.18. The number of aromatic nitrogens is 2. The van der Waals surface area contributed by atoms with Crippen molar-refractivity contribution in [2.24, 2.45) is 0 Å². The summed E-state index contributed by atoms with van der Waals surface area (Å²) >= 11 is 6.21. The summed E-state index contributed by atoms with van der Waals surface area (Å²) in [6.45, 7) is 1.81. The lowest BCUT2D eigenvalue weighted by Crippen LogP contribution is -2.41. The minimum atomic E-state index is -0.223. The number of fused-ring (bicyclic) bond motifs is 1. The van der Waals surface area contributed by atoms with Crippen LogP contribution in [-0.2, 0) is 6.54 Å². The van der Waals surface area contributed by atoms with Gasteiger partial charge in [-0.2, -0.15) is 5.10 Å². The molecule has 0 saturated carbocycles. The first-order valence-electron chi connectivity index (χ1n) is 8.44. The third kappa shape index (κ3) is 3.25. The number of hydrogen-bond acceptors (Lipinski definition) is 4. The number of rotatable bonds is 4. The third-order valence-corrected chi connectivity index (χ3v) is 4.95. The van der Waals surface area contributed by atoms with E-state index in [1.165, 1.54) is 5.56 Å². The Morgan fingerprint density at radius 3 is 2.76 bits per heavy atom. The summed E-state index contributed by atoms with van der Waals surface area (Å²) < 4.78 is 0. The molecule has 1 aromatic heterocycles. The Bertz CT molecular complexity index is 935. The molecule has 0 radical (unpaired) electrons. The molecule has 2 aromatic carbocycles. The molecular weight excluding hydrogens is 336 g/mol. The molecule has 4 rings (SSSR count). The molecule has 1 atom stereocenters. The van der Waals surface area contributed by atoms with E-state index in [9.17, 15) is 4.79 Å². The van der Waals surface area contributed by atoms with Crippen LogP contribution in [0.3, 0.4) is 0 Å². The maximum absolute atomic E-state index is 12.0. The van der Waals surface area contributed by atoms with Crippen molar-refractivity contribution in [1.82, 2.24) is 15.5 Å². The Balaban J connectivity index is 1.77. The van der Waals surface area contributed by atoms with E-state index in [2.05, 4.69) is 44.7 Å². The Labute approximate surface area is 150 Å². The van der Waals surface area contributed by atoms with Crippen molar-refractivity contribution in [1.29, 1.82) is 0 Å². The van der Waals surface area contributed by atoms with Crippen LogP contribution in [0.5, 0.6) is 0 Å². The quantitative estimate of drug-likeness (QED) is 0.754. The van der Waals surface area contributed by atoms with Gasteiger partial charge in [0, 0.05) is 17.6 Å². The highest BCUT2D eigenvalue weighted by atomic mass is 35.5. The summed E-state index contributed by atoms with van der Waals surface area (Å²) in [6.07, 6.45) is 2.52. The Morgan fingerprint density at radius 1 is 1.16 bits per heavy atom. The van der Waals surface area contributed by atoms with Crippen molar-refractivity contribution in [3.8, 4) is 0 Å². The van der Waals surface area contributed by atoms with E-state index in [1.54, 1.807) is 0 Å². The van der Waals surface area contributed by atoms with Gasteiger partial charge in [0.2, 0.25) is 0 Å². The normalized spacial score (nSPS) is 17.1. The number of H-pyrrole nitrogens is 1. The highest BCUT2D eigenvalue weighted by Gasteiger charge is 2.23. The zero-order valence-corrected chi connectivity index (χ0v) is 14.5. The maximum Gasteiger partial charge on any atom is 0.272 e. The van der Waals surface area contributed by atoms with Crippen LogP contribution in [0, 0.1) is 0 Å². The summed E-state index contributed by atoms with van der Waals surface area (Å²) in [5, 5.41) is 11.4. The van der Waals surface area contributed by atoms with E-state index >= 15 is 0 Å². The van der Waals surface area contributed by atoms with E-state index in [0.29, 0.717) is 15.9 Å². The van der Waals surface area contributed by atoms with Crippen molar-refractivity contribution in [2.45, 2.75) is 25.6 Å². The summed E-state index contributed by atoms with van der Waals surface area (Å²) in [5.74, 6) is 0. The van der Waals surface area contributed by atoms with Crippen molar-refractivity contribution in [2.75, 3.05) is 11.4 Å². The number of benzene rings is 2. The van der Waals surface area contributed by atoms with E-state index in [1.807, 2.05) is 24.3 Å². The smallest absolute Gasteiger partial charge is 0.272 e. The lowest BCUT2D eigenvalue weighted by molar-refractivity contribution is 0.555. The van der Waals surface area contributed by atoms with E-state index in [-0.39, 0.29) is 11.7 Å².